The molecular weight excluding hydrogens is 302 g/mol. The number of para-hydroxylation sites is 1. The highest BCUT2D eigenvalue weighted by Gasteiger charge is 2.36. The number of amides is 3. The van der Waals surface area contributed by atoms with Crippen molar-refractivity contribution in [1.82, 2.24) is 0 Å². The molecule has 1 saturated carbocycles. The van der Waals surface area contributed by atoms with Crippen molar-refractivity contribution in [2.75, 3.05) is 22.1 Å². The van der Waals surface area contributed by atoms with E-state index in [2.05, 4.69) is 10.6 Å². The predicted molar refractivity (Wildman–Crippen MR) is 94.3 cm³/mol. The molecule has 5 nitrogen and oxygen atoms in total. The number of anilines is 3. The van der Waals surface area contributed by atoms with Gasteiger partial charge in [0.05, 0.1) is 0 Å². The zero-order valence-electron chi connectivity index (χ0n) is 13.3. The second kappa shape index (κ2) is 6.00. The molecule has 4 rings (SSSR count). The van der Waals surface area contributed by atoms with Gasteiger partial charge in [-0.1, -0.05) is 24.3 Å². The Balaban J connectivity index is 1.48. The summed E-state index contributed by atoms with van der Waals surface area (Å²) >= 11 is 0. The highest BCUT2D eigenvalue weighted by molar-refractivity contribution is 6.02. The maximum absolute atomic E-state index is 12.4. The number of benzene rings is 2. The third-order valence-corrected chi connectivity index (χ3v) is 4.46. The fraction of sp³-hybridized carbons (Fsp3) is 0.263. The average Bonchev–Trinajstić information content (AvgIpc) is 3.35. The first-order valence-corrected chi connectivity index (χ1v) is 8.28. The van der Waals surface area contributed by atoms with E-state index in [-0.39, 0.29) is 17.9 Å². The van der Waals surface area contributed by atoms with E-state index in [4.69, 9.17) is 0 Å². The van der Waals surface area contributed by atoms with E-state index >= 15 is 0 Å². The number of rotatable bonds is 3. The van der Waals surface area contributed by atoms with Gasteiger partial charge in [-0.25, -0.2) is 4.79 Å². The van der Waals surface area contributed by atoms with Gasteiger partial charge in [-0.2, -0.15) is 0 Å². The molecule has 0 atom stereocenters. The van der Waals surface area contributed by atoms with E-state index in [0.29, 0.717) is 5.69 Å². The van der Waals surface area contributed by atoms with Crippen LogP contribution < -0.4 is 15.5 Å². The van der Waals surface area contributed by atoms with Gasteiger partial charge in [0.2, 0.25) is 5.91 Å². The maximum Gasteiger partial charge on any atom is 0.323 e. The molecule has 0 spiro atoms. The molecule has 122 valence electrons. The van der Waals surface area contributed by atoms with Crippen molar-refractivity contribution in [1.29, 1.82) is 0 Å². The van der Waals surface area contributed by atoms with E-state index in [1.54, 1.807) is 0 Å². The van der Waals surface area contributed by atoms with E-state index in [9.17, 15) is 9.59 Å². The van der Waals surface area contributed by atoms with Crippen LogP contribution in [0.5, 0.6) is 0 Å². The minimum Gasteiger partial charge on any atom is -0.312 e. The summed E-state index contributed by atoms with van der Waals surface area (Å²) in [7, 11) is 0. The normalized spacial score (nSPS) is 15.8. The van der Waals surface area contributed by atoms with E-state index in [0.717, 1.165) is 42.7 Å². The Morgan fingerprint density at radius 3 is 2.46 bits per heavy atom. The van der Waals surface area contributed by atoms with E-state index in [1.807, 2.05) is 53.4 Å². The second-order valence-electron chi connectivity index (χ2n) is 6.30. The number of hydrogen-bond acceptors (Lipinski definition) is 2. The molecule has 2 aromatic rings. The lowest BCUT2D eigenvalue weighted by Crippen LogP contribution is -2.30. The van der Waals surface area contributed by atoms with Gasteiger partial charge in [-0.05, 0) is 49.1 Å². The minimum absolute atomic E-state index is 0.203. The van der Waals surface area contributed by atoms with Crippen molar-refractivity contribution in [3.63, 3.8) is 0 Å². The lowest BCUT2D eigenvalue weighted by atomic mass is 10.1. The molecular formula is C19H19N3O2. The topological polar surface area (TPSA) is 61.4 Å². The Labute approximate surface area is 140 Å². The number of carbonyl (C=O) groups excluding carboxylic acids is 2. The average molecular weight is 321 g/mol. The lowest BCUT2D eigenvalue weighted by molar-refractivity contribution is -0.119. The van der Waals surface area contributed by atoms with Gasteiger partial charge < -0.3 is 15.5 Å². The van der Waals surface area contributed by atoms with Crippen LogP contribution in [0.25, 0.3) is 0 Å². The van der Waals surface area contributed by atoms with Crippen LogP contribution in [0.2, 0.25) is 0 Å². The van der Waals surface area contributed by atoms with Gasteiger partial charge in [-0.3, -0.25) is 4.79 Å². The molecule has 24 heavy (non-hydrogen) atoms. The molecule has 0 aromatic heterocycles. The fourth-order valence-corrected chi connectivity index (χ4v) is 3.05. The minimum atomic E-state index is -0.292. The summed E-state index contributed by atoms with van der Waals surface area (Å²) in [4.78, 5) is 26.4. The summed E-state index contributed by atoms with van der Waals surface area (Å²) in [6.07, 6.45) is 2.88. The van der Waals surface area contributed by atoms with Crippen LogP contribution >= 0.6 is 0 Å². The van der Waals surface area contributed by atoms with Crippen LogP contribution in [-0.2, 0) is 11.2 Å². The summed E-state index contributed by atoms with van der Waals surface area (Å²) in [5.74, 6) is 0.425. The smallest absolute Gasteiger partial charge is 0.312 e. The summed E-state index contributed by atoms with van der Waals surface area (Å²) < 4.78 is 0. The summed E-state index contributed by atoms with van der Waals surface area (Å²) in [6.45, 7) is 0.740. The lowest BCUT2D eigenvalue weighted by Gasteiger charge is -2.18. The highest BCUT2D eigenvalue weighted by Crippen LogP contribution is 2.37. The van der Waals surface area contributed by atoms with Gasteiger partial charge >= 0.3 is 6.03 Å². The summed E-state index contributed by atoms with van der Waals surface area (Å²) in [6, 6.07) is 14.8. The Bertz CT molecular complexity index is 784. The maximum atomic E-state index is 12.4. The van der Waals surface area contributed by atoms with Gasteiger partial charge in [0.25, 0.3) is 0 Å². The number of hydrogen-bond donors (Lipinski definition) is 2. The van der Waals surface area contributed by atoms with Crippen LogP contribution in [-0.4, -0.2) is 18.5 Å². The van der Waals surface area contributed by atoms with Gasteiger partial charge in [0.15, 0.2) is 0 Å². The van der Waals surface area contributed by atoms with Crippen molar-refractivity contribution in [2.45, 2.75) is 19.3 Å². The van der Waals surface area contributed by atoms with Gasteiger partial charge in [0.1, 0.15) is 0 Å². The molecule has 0 bridgehead atoms. The van der Waals surface area contributed by atoms with Crippen molar-refractivity contribution in [3.05, 3.63) is 54.1 Å². The van der Waals surface area contributed by atoms with Crippen LogP contribution in [0.3, 0.4) is 0 Å². The van der Waals surface area contributed by atoms with Crippen LogP contribution in [0.15, 0.2) is 48.5 Å². The molecule has 2 aromatic carbocycles. The largest absolute Gasteiger partial charge is 0.323 e. The summed E-state index contributed by atoms with van der Waals surface area (Å²) in [5.41, 5.74) is 3.53. The summed E-state index contributed by atoms with van der Waals surface area (Å²) in [5, 5.41) is 5.63. The first-order valence-electron chi connectivity index (χ1n) is 8.28. The second-order valence-corrected chi connectivity index (χ2v) is 6.30. The Morgan fingerprint density at radius 1 is 0.958 bits per heavy atom. The number of carbonyl (C=O) groups is 2. The third kappa shape index (κ3) is 2.97. The monoisotopic (exact) mass is 321 g/mol. The number of fused-ring (bicyclic) bond motifs is 1. The van der Waals surface area contributed by atoms with Crippen molar-refractivity contribution in [2.24, 2.45) is 5.92 Å². The molecule has 1 aliphatic carbocycles. The van der Waals surface area contributed by atoms with Gasteiger partial charge in [-0.15, -0.1) is 0 Å². The van der Waals surface area contributed by atoms with E-state index < -0.39 is 0 Å². The van der Waals surface area contributed by atoms with Crippen LogP contribution in [0, 0.1) is 5.92 Å². The highest BCUT2D eigenvalue weighted by atomic mass is 16.2. The fourth-order valence-electron chi connectivity index (χ4n) is 3.05. The van der Waals surface area contributed by atoms with Crippen LogP contribution in [0.4, 0.5) is 21.9 Å². The van der Waals surface area contributed by atoms with Crippen molar-refractivity contribution in [3.8, 4) is 0 Å². The molecule has 2 N–H and O–H groups in total. The van der Waals surface area contributed by atoms with Gasteiger partial charge in [0, 0.05) is 29.5 Å². The van der Waals surface area contributed by atoms with Crippen molar-refractivity contribution >= 4 is 29.0 Å². The number of urea groups is 1. The van der Waals surface area contributed by atoms with Crippen LogP contribution in [0.1, 0.15) is 18.4 Å². The zero-order valence-corrected chi connectivity index (χ0v) is 13.3. The standard InChI is InChI=1S/C19H19N3O2/c23-18(14-6-7-14)22-11-10-13-8-9-16(12-17(13)22)21-19(24)20-15-4-2-1-3-5-15/h1-5,8-9,12,14H,6-7,10-11H2,(H2,20,21,24). The molecule has 0 saturated heterocycles. The zero-order chi connectivity index (χ0) is 16.5. The molecule has 2 aliphatic rings. The molecule has 0 unspecified atom stereocenters. The molecule has 1 fully saturated rings. The third-order valence-electron chi connectivity index (χ3n) is 4.46. The molecule has 5 heteroatoms. The predicted octanol–water partition coefficient (Wildman–Crippen LogP) is 3.63. The Hall–Kier alpha value is -2.82. The molecule has 1 heterocycles. The SMILES string of the molecule is O=C(Nc1ccccc1)Nc1ccc2c(c1)N(C(=O)C1CC1)CC2. The first kappa shape index (κ1) is 14.8. The van der Waals surface area contributed by atoms with Crippen molar-refractivity contribution < 1.29 is 9.59 Å². The number of nitrogens with zero attached hydrogens (tertiary/aromatic N) is 1. The molecule has 1 aliphatic heterocycles. The number of nitrogens with one attached hydrogen (secondary N) is 2. The molecule has 0 radical (unpaired) electrons. The van der Waals surface area contributed by atoms with E-state index in [1.165, 1.54) is 0 Å². The first-order chi connectivity index (χ1) is 11.7. The Morgan fingerprint density at radius 2 is 1.71 bits per heavy atom. The quantitative estimate of drug-likeness (QED) is 0.907. The molecule has 3 amide bonds. The Kier molecular flexibility index (Phi) is 3.69.